The number of fused-ring (bicyclic) bond motifs is 2. The van der Waals surface area contributed by atoms with Crippen molar-refractivity contribution in [2.75, 3.05) is 22.3 Å². The summed E-state index contributed by atoms with van der Waals surface area (Å²) >= 11 is 3.43. The second kappa shape index (κ2) is 25.7. The average Bonchev–Trinajstić information content (AvgIpc) is 3.56. The van der Waals surface area contributed by atoms with Crippen molar-refractivity contribution >= 4 is 70.2 Å². The lowest BCUT2D eigenvalue weighted by atomic mass is 9.83. The SMILES string of the molecule is CSc1ccc(N(Cc2ccc(F)cc2)Cc2cccc(-c3cc(C(C)(C)C#N)cc4cccnc34)c2)cc1.CSc1ccc(N(Cc2ccc(F)cc2)Cc2cccc(-c3cc(C(C)(C)C#N)cc4cccnc34)c2)cc1.S. The van der Waals surface area contributed by atoms with Gasteiger partial charge in [-0.3, -0.25) is 9.97 Å². The third-order valence-electron chi connectivity index (χ3n) is 14.1. The minimum Gasteiger partial charge on any atom is -0.363 e. The van der Waals surface area contributed by atoms with Gasteiger partial charge in [-0.05, 0) is 206 Å². The Kier molecular flexibility index (Phi) is 18.6. The number of nitriles is 2. The molecule has 11 heteroatoms. The van der Waals surface area contributed by atoms with Gasteiger partial charge in [-0.25, -0.2) is 8.78 Å². The molecule has 0 aliphatic heterocycles. The number of pyridine rings is 2. The molecule has 0 saturated heterocycles. The van der Waals surface area contributed by atoms with E-state index in [1.807, 2.05) is 76.5 Å². The highest BCUT2D eigenvalue weighted by Gasteiger charge is 2.24. The Balaban J connectivity index is 0.000000205. The predicted molar refractivity (Wildman–Crippen MR) is 331 cm³/mol. The van der Waals surface area contributed by atoms with Crippen LogP contribution in [0.2, 0.25) is 0 Å². The molecule has 0 fully saturated rings. The molecule has 0 aliphatic carbocycles. The Labute approximate surface area is 479 Å². The summed E-state index contributed by atoms with van der Waals surface area (Å²) in [5.74, 6) is -0.463. The Morgan fingerprint density at radius 1 is 0.443 bits per heavy atom. The zero-order valence-electron chi connectivity index (χ0n) is 45.2. The first-order valence-electron chi connectivity index (χ1n) is 25.8. The van der Waals surface area contributed by atoms with Gasteiger partial charge in [0.05, 0.1) is 34.0 Å². The van der Waals surface area contributed by atoms with E-state index in [9.17, 15) is 19.3 Å². The van der Waals surface area contributed by atoms with Crippen molar-refractivity contribution in [2.45, 2.75) is 74.5 Å². The lowest BCUT2D eigenvalue weighted by Gasteiger charge is -2.26. The van der Waals surface area contributed by atoms with Crippen LogP contribution in [-0.4, -0.2) is 22.5 Å². The number of anilines is 2. The molecule has 0 atom stereocenters. The number of thioether (sulfide) groups is 2. The van der Waals surface area contributed by atoms with Gasteiger partial charge >= 0.3 is 0 Å². The molecule has 2 heterocycles. The molecule has 2 aromatic heterocycles. The smallest absolute Gasteiger partial charge is 0.123 e. The Morgan fingerprint density at radius 2 is 0.810 bits per heavy atom. The number of hydrogen-bond acceptors (Lipinski definition) is 8. The lowest BCUT2D eigenvalue weighted by Crippen LogP contribution is -2.22. The summed E-state index contributed by atoms with van der Waals surface area (Å²) < 4.78 is 27.2. The average molecular weight is 1100 g/mol. The quantitative estimate of drug-likeness (QED) is 0.0886. The first-order valence-corrected chi connectivity index (χ1v) is 28.2. The maximum atomic E-state index is 13.6. The second-order valence-corrected chi connectivity index (χ2v) is 22.2. The van der Waals surface area contributed by atoms with Gasteiger partial charge in [-0.15, -0.1) is 23.5 Å². The fourth-order valence-corrected chi connectivity index (χ4v) is 10.3. The molecule has 0 bridgehead atoms. The molecular formula is C68H62F2N6S3. The third-order valence-corrected chi connectivity index (χ3v) is 15.6. The number of benzene rings is 8. The minimum absolute atomic E-state index is 0. The molecule has 0 unspecified atom stereocenters. The fraction of sp³-hybridized carbons (Fsp3) is 0.176. The van der Waals surface area contributed by atoms with Gasteiger partial charge in [0.25, 0.3) is 0 Å². The summed E-state index contributed by atoms with van der Waals surface area (Å²) in [6.07, 6.45) is 7.77. The van der Waals surface area contributed by atoms with E-state index in [4.69, 9.17) is 9.97 Å². The highest BCUT2D eigenvalue weighted by Crippen LogP contribution is 2.37. The molecule has 396 valence electrons. The molecule has 0 N–H and O–H groups in total. The van der Waals surface area contributed by atoms with Crippen molar-refractivity contribution in [3.05, 3.63) is 252 Å². The van der Waals surface area contributed by atoms with Crippen LogP contribution in [0.15, 0.2) is 216 Å². The van der Waals surface area contributed by atoms with Gasteiger partial charge in [0.1, 0.15) is 11.6 Å². The van der Waals surface area contributed by atoms with E-state index in [1.54, 1.807) is 23.5 Å². The van der Waals surface area contributed by atoms with Crippen LogP contribution in [0.1, 0.15) is 61.1 Å². The summed E-state index contributed by atoms with van der Waals surface area (Å²) in [7, 11) is 0. The normalized spacial score (nSPS) is 11.2. The zero-order valence-corrected chi connectivity index (χ0v) is 47.8. The molecule has 0 spiro atoms. The van der Waals surface area contributed by atoms with Crippen LogP contribution in [0.4, 0.5) is 20.2 Å². The van der Waals surface area contributed by atoms with Gasteiger partial charge in [0.15, 0.2) is 0 Å². The number of hydrogen-bond donors (Lipinski definition) is 0. The number of aromatic nitrogens is 2. The van der Waals surface area contributed by atoms with E-state index >= 15 is 0 Å². The Bertz CT molecular complexity index is 3530. The summed E-state index contributed by atoms with van der Waals surface area (Å²) in [4.78, 5) is 16.4. The highest BCUT2D eigenvalue weighted by molar-refractivity contribution is 7.98. The monoisotopic (exact) mass is 1100 g/mol. The first-order chi connectivity index (χ1) is 37.7. The molecule has 0 aliphatic rings. The second-order valence-electron chi connectivity index (χ2n) is 20.4. The fourth-order valence-electron chi connectivity index (χ4n) is 9.47. The molecule has 0 radical (unpaired) electrons. The van der Waals surface area contributed by atoms with E-state index < -0.39 is 10.8 Å². The van der Waals surface area contributed by atoms with Gasteiger partial charge in [-0.1, -0.05) is 72.8 Å². The molecule has 10 aromatic rings. The molecule has 8 aromatic carbocycles. The maximum absolute atomic E-state index is 13.6. The standard InChI is InChI=1S/2C34H30FN3S.H2S/c2*1-34(2,23-36)28-19-27-8-5-17-37-33(27)32(20-28)26-7-4-6-25(18-26)22-38(21-24-9-11-29(35)12-10-24)30-13-15-31(39-3)16-14-30;/h2*4-20H,21-22H2,1-3H3;1H2. The molecule has 10 rings (SSSR count). The number of nitrogens with zero attached hydrogens (tertiary/aromatic N) is 6. The van der Waals surface area contributed by atoms with Crippen LogP contribution in [0.5, 0.6) is 0 Å². The van der Waals surface area contributed by atoms with Crippen LogP contribution in [0, 0.1) is 34.3 Å². The van der Waals surface area contributed by atoms with Crippen molar-refractivity contribution in [2.24, 2.45) is 0 Å². The predicted octanol–water partition coefficient (Wildman–Crippen LogP) is 17.7. The summed E-state index contributed by atoms with van der Waals surface area (Å²) in [5.41, 5.74) is 13.3. The minimum atomic E-state index is -0.620. The Morgan fingerprint density at radius 3 is 1.16 bits per heavy atom. The molecule has 79 heavy (non-hydrogen) atoms. The van der Waals surface area contributed by atoms with Crippen molar-refractivity contribution in [3.8, 4) is 34.4 Å². The van der Waals surface area contributed by atoms with Crippen LogP contribution in [0.3, 0.4) is 0 Å². The van der Waals surface area contributed by atoms with E-state index in [-0.39, 0.29) is 25.1 Å². The van der Waals surface area contributed by atoms with Gasteiger partial charge in [-0.2, -0.15) is 24.0 Å². The summed E-state index contributed by atoms with van der Waals surface area (Å²) in [6.45, 7) is 10.4. The molecule has 0 amide bonds. The third kappa shape index (κ3) is 14.0. The summed E-state index contributed by atoms with van der Waals surface area (Å²) in [5, 5.41) is 21.7. The van der Waals surface area contributed by atoms with E-state index in [0.717, 1.165) is 88.8 Å². The van der Waals surface area contributed by atoms with Crippen molar-refractivity contribution in [3.63, 3.8) is 0 Å². The topological polar surface area (TPSA) is 79.8 Å². The van der Waals surface area contributed by atoms with Gasteiger partial charge in [0.2, 0.25) is 0 Å². The van der Waals surface area contributed by atoms with Crippen LogP contribution >= 0.6 is 37.0 Å². The van der Waals surface area contributed by atoms with Crippen molar-refractivity contribution < 1.29 is 8.78 Å². The summed E-state index contributed by atoms with van der Waals surface area (Å²) in [6, 6.07) is 68.8. The van der Waals surface area contributed by atoms with Gasteiger partial charge in [0, 0.05) is 81.6 Å². The lowest BCUT2D eigenvalue weighted by molar-refractivity contribution is 0.626. The maximum Gasteiger partial charge on any atom is 0.123 e. The van der Waals surface area contributed by atoms with E-state index in [2.05, 4.69) is 168 Å². The molecule has 0 saturated carbocycles. The van der Waals surface area contributed by atoms with Crippen molar-refractivity contribution in [1.29, 1.82) is 10.5 Å². The Hall–Kier alpha value is -7.93. The van der Waals surface area contributed by atoms with E-state index in [1.165, 1.54) is 34.1 Å². The zero-order chi connectivity index (χ0) is 54.8. The molecular weight excluding hydrogens is 1030 g/mol. The van der Waals surface area contributed by atoms with Crippen LogP contribution in [-0.2, 0) is 37.0 Å². The van der Waals surface area contributed by atoms with E-state index in [0.29, 0.717) is 26.2 Å². The number of rotatable bonds is 16. The van der Waals surface area contributed by atoms with Crippen LogP contribution < -0.4 is 9.80 Å². The largest absolute Gasteiger partial charge is 0.363 e. The van der Waals surface area contributed by atoms with Crippen molar-refractivity contribution in [1.82, 2.24) is 9.97 Å². The number of halogens is 2. The van der Waals surface area contributed by atoms with Crippen LogP contribution in [0.25, 0.3) is 44.1 Å². The first kappa shape index (κ1) is 57.3. The molecule has 6 nitrogen and oxygen atoms in total. The van der Waals surface area contributed by atoms with Gasteiger partial charge < -0.3 is 9.80 Å². The highest BCUT2D eigenvalue weighted by atomic mass is 32.2.